The number of nitrogens with one attached hydrogen (secondary N) is 2. The SMILES string of the molecule is CCNC(=NCC1(N2CCCCC2)CCN(C)CC1)NCCC(O)c1ccccc1.I. The fraction of sp³-hybridized carbons (Fsp3) is 0.708. The van der Waals surface area contributed by atoms with Crippen LogP contribution in [0.15, 0.2) is 35.3 Å². The van der Waals surface area contributed by atoms with Crippen LogP contribution in [-0.4, -0.2) is 79.3 Å². The summed E-state index contributed by atoms with van der Waals surface area (Å²) in [6.07, 6.45) is 6.60. The molecule has 0 amide bonds. The molecule has 1 unspecified atom stereocenters. The molecular formula is C24H42IN5O. The minimum absolute atomic E-state index is 0. The van der Waals surface area contributed by atoms with Gasteiger partial charge >= 0.3 is 0 Å². The number of hydrogen-bond donors (Lipinski definition) is 3. The number of piperidine rings is 2. The van der Waals surface area contributed by atoms with E-state index in [1.807, 2.05) is 30.3 Å². The van der Waals surface area contributed by atoms with Crippen molar-refractivity contribution in [1.29, 1.82) is 0 Å². The third kappa shape index (κ3) is 7.87. The molecule has 0 spiro atoms. The van der Waals surface area contributed by atoms with Crippen LogP contribution in [0.3, 0.4) is 0 Å². The molecule has 6 nitrogen and oxygen atoms in total. The molecule has 7 heteroatoms. The number of halogens is 1. The lowest BCUT2D eigenvalue weighted by molar-refractivity contribution is 0.0208. The number of nitrogens with zero attached hydrogens (tertiary/aromatic N) is 3. The third-order valence-electron chi connectivity index (χ3n) is 6.71. The number of guanidine groups is 1. The van der Waals surface area contributed by atoms with Gasteiger partial charge in [0.05, 0.1) is 12.6 Å². The fourth-order valence-electron chi connectivity index (χ4n) is 4.71. The van der Waals surface area contributed by atoms with Crippen molar-refractivity contribution < 1.29 is 5.11 Å². The molecule has 1 aromatic carbocycles. The summed E-state index contributed by atoms with van der Waals surface area (Å²) in [4.78, 5) is 10.2. The van der Waals surface area contributed by atoms with E-state index in [0.29, 0.717) is 13.0 Å². The van der Waals surface area contributed by atoms with E-state index in [9.17, 15) is 5.11 Å². The summed E-state index contributed by atoms with van der Waals surface area (Å²) in [5, 5.41) is 17.3. The Kier molecular flexibility index (Phi) is 11.6. The van der Waals surface area contributed by atoms with E-state index in [1.165, 1.54) is 45.2 Å². The lowest BCUT2D eigenvalue weighted by Gasteiger charge is -2.49. The maximum absolute atomic E-state index is 10.4. The van der Waals surface area contributed by atoms with Crippen molar-refractivity contribution in [2.24, 2.45) is 4.99 Å². The molecule has 0 aliphatic carbocycles. The first-order chi connectivity index (χ1) is 14.6. The first kappa shape index (κ1) is 26.4. The summed E-state index contributed by atoms with van der Waals surface area (Å²) in [6.45, 7) is 9.22. The van der Waals surface area contributed by atoms with Crippen LogP contribution in [0, 0.1) is 0 Å². The van der Waals surface area contributed by atoms with Gasteiger partial charge in [0, 0.05) is 18.6 Å². The molecule has 2 heterocycles. The second-order valence-electron chi connectivity index (χ2n) is 8.91. The topological polar surface area (TPSA) is 63.1 Å². The van der Waals surface area contributed by atoms with Gasteiger partial charge in [-0.25, -0.2) is 0 Å². The molecule has 0 radical (unpaired) electrons. The van der Waals surface area contributed by atoms with Gasteiger partial charge in [0.1, 0.15) is 0 Å². The van der Waals surface area contributed by atoms with E-state index in [1.54, 1.807) is 0 Å². The minimum Gasteiger partial charge on any atom is -0.388 e. The predicted molar refractivity (Wildman–Crippen MR) is 140 cm³/mol. The van der Waals surface area contributed by atoms with Gasteiger partial charge in [0.15, 0.2) is 5.96 Å². The summed E-state index contributed by atoms with van der Waals surface area (Å²) < 4.78 is 0. The number of aliphatic hydroxyl groups excluding tert-OH is 1. The van der Waals surface area contributed by atoms with Gasteiger partial charge in [-0.15, -0.1) is 24.0 Å². The Morgan fingerprint density at radius 1 is 1.06 bits per heavy atom. The van der Waals surface area contributed by atoms with E-state index < -0.39 is 6.10 Å². The quantitative estimate of drug-likeness (QED) is 0.267. The first-order valence-electron chi connectivity index (χ1n) is 11.8. The average Bonchev–Trinajstić information content (AvgIpc) is 2.80. The Bertz CT molecular complexity index is 643. The van der Waals surface area contributed by atoms with Crippen LogP contribution in [0.1, 0.15) is 57.1 Å². The van der Waals surface area contributed by atoms with Crippen molar-refractivity contribution in [3.63, 3.8) is 0 Å². The zero-order valence-electron chi connectivity index (χ0n) is 19.4. The number of rotatable bonds is 8. The lowest BCUT2D eigenvalue weighted by atomic mass is 9.84. The molecule has 1 atom stereocenters. The number of aliphatic imine (C=N–C) groups is 1. The van der Waals surface area contributed by atoms with Gasteiger partial charge in [-0.2, -0.15) is 0 Å². The highest BCUT2D eigenvalue weighted by atomic mass is 127. The molecule has 0 bridgehead atoms. The van der Waals surface area contributed by atoms with Crippen molar-refractivity contribution in [2.75, 3.05) is 52.9 Å². The van der Waals surface area contributed by atoms with E-state index in [4.69, 9.17) is 4.99 Å². The van der Waals surface area contributed by atoms with Crippen LogP contribution in [0.2, 0.25) is 0 Å². The maximum Gasteiger partial charge on any atom is 0.191 e. The zero-order chi connectivity index (χ0) is 21.2. The molecule has 2 aliphatic heterocycles. The Morgan fingerprint density at radius 3 is 2.39 bits per heavy atom. The normalized spacial score (nSPS) is 21.2. The van der Waals surface area contributed by atoms with Crippen molar-refractivity contribution >= 4 is 29.9 Å². The molecule has 2 fully saturated rings. The second-order valence-corrected chi connectivity index (χ2v) is 8.91. The number of likely N-dealkylation sites (tertiary alicyclic amines) is 2. The van der Waals surface area contributed by atoms with E-state index in [-0.39, 0.29) is 29.5 Å². The highest BCUT2D eigenvalue weighted by Gasteiger charge is 2.39. The smallest absolute Gasteiger partial charge is 0.191 e. The molecule has 0 saturated carbocycles. The highest BCUT2D eigenvalue weighted by molar-refractivity contribution is 14.0. The van der Waals surface area contributed by atoms with Crippen molar-refractivity contribution in [3.8, 4) is 0 Å². The Labute approximate surface area is 205 Å². The summed E-state index contributed by atoms with van der Waals surface area (Å²) in [5.41, 5.74) is 1.16. The van der Waals surface area contributed by atoms with Crippen molar-refractivity contribution in [3.05, 3.63) is 35.9 Å². The second kappa shape index (κ2) is 13.6. The van der Waals surface area contributed by atoms with Crippen LogP contribution in [0.25, 0.3) is 0 Å². The summed E-state index contributed by atoms with van der Waals surface area (Å²) in [5.74, 6) is 0.869. The Hall–Kier alpha value is -0.900. The Balaban J connectivity index is 0.00000341. The maximum atomic E-state index is 10.4. The molecular weight excluding hydrogens is 501 g/mol. The van der Waals surface area contributed by atoms with Crippen molar-refractivity contribution in [1.82, 2.24) is 20.4 Å². The van der Waals surface area contributed by atoms with Gasteiger partial charge in [0.2, 0.25) is 0 Å². The van der Waals surface area contributed by atoms with Gasteiger partial charge < -0.3 is 20.6 Å². The zero-order valence-corrected chi connectivity index (χ0v) is 21.7. The number of hydrogen-bond acceptors (Lipinski definition) is 4. The van der Waals surface area contributed by atoms with Gasteiger partial charge in [-0.3, -0.25) is 9.89 Å². The molecule has 2 saturated heterocycles. The molecule has 2 aliphatic rings. The van der Waals surface area contributed by atoms with Gasteiger partial charge in [-0.05, 0) is 77.8 Å². The summed E-state index contributed by atoms with van der Waals surface area (Å²) in [6, 6.07) is 9.88. The first-order valence-corrected chi connectivity index (χ1v) is 11.8. The minimum atomic E-state index is -0.449. The molecule has 31 heavy (non-hydrogen) atoms. The molecule has 176 valence electrons. The molecule has 3 N–H and O–H groups in total. The van der Waals surface area contributed by atoms with E-state index in [2.05, 4.69) is 34.4 Å². The molecule has 1 aromatic rings. The average molecular weight is 544 g/mol. The fourth-order valence-corrected chi connectivity index (χ4v) is 4.71. The molecule has 0 aromatic heterocycles. The molecule has 3 rings (SSSR count). The standard InChI is InChI=1S/C24H41N5O.HI/c1-3-25-23(26-15-12-22(30)21-10-6-4-7-11-21)27-20-24(13-18-28(2)19-14-24)29-16-8-5-9-17-29;/h4,6-7,10-11,22,30H,3,5,8-9,12-20H2,1-2H3,(H2,25,26,27);1H. The van der Waals surface area contributed by atoms with Crippen LogP contribution in [-0.2, 0) is 0 Å². The summed E-state index contributed by atoms with van der Waals surface area (Å²) >= 11 is 0. The van der Waals surface area contributed by atoms with E-state index >= 15 is 0 Å². The van der Waals surface area contributed by atoms with Crippen LogP contribution in [0.4, 0.5) is 0 Å². The number of aliphatic hydroxyl groups is 1. The third-order valence-corrected chi connectivity index (χ3v) is 6.71. The van der Waals surface area contributed by atoms with E-state index in [0.717, 1.165) is 37.7 Å². The number of benzene rings is 1. The monoisotopic (exact) mass is 543 g/mol. The van der Waals surface area contributed by atoms with Gasteiger partial charge in [0.25, 0.3) is 0 Å². The Morgan fingerprint density at radius 2 is 1.74 bits per heavy atom. The predicted octanol–water partition coefficient (Wildman–Crippen LogP) is 3.23. The van der Waals surface area contributed by atoms with Crippen LogP contribution in [0.5, 0.6) is 0 Å². The highest BCUT2D eigenvalue weighted by Crippen LogP contribution is 2.31. The largest absolute Gasteiger partial charge is 0.388 e. The van der Waals surface area contributed by atoms with Crippen LogP contribution >= 0.6 is 24.0 Å². The van der Waals surface area contributed by atoms with Crippen LogP contribution < -0.4 is 10.6 Å². The van der Waals surface area contributed by atoms with Gasteiger partial charge in [-0.1, -0.05) is 36.8 Å². The lowest BCUT2D eigenvalue weighted by Crippen LogP contribution is -2.58. The summed E-state index contributed by atoms with van der Waals surface area (Å²) in [7, 11) is 2.23. The van der Waals surface area contributed by atoms with Crippen molar-refractivity contribution in [2.45, 2.75) is 57.1 Å².